The molecule has 1 unspecified atom stereocenters. The first-order chi connectivity index (χ1) is 25.1. The third-order valence-corrected chi connectivity index (χ3v) is 12.6. The summed E-state index contributed by atoms with van der Waals surface area (Å²) in [4.78, 5) is 97.6. The van der Waals surface area contributed by atoms with Crippen LogP contribution in [0.4, 0.5) is 4.79 Å². The highest BCUT2D eigenvalue weighted by atomic mass is 16.2. The van der Waals surface area contributed by atoms with E-state index in [0.29, 0.717) is 51.5 Å². The lowest BCUT2D eigenvalue weighted by Crippen LogP contribution is -2.63. The number of Topliss-reactive ketones (excluding diaryl/α,β-unsaturated/α-hetero) is 1. The van der Waals surface area contributed by atoms with Crippen LogP contribution in [0, 0.1) is 22.2 Å². The van der Waals surface area contributed by atoms with Gasteiger partial charge in [0, 0.05) is 32.5 Å². The fourth-order valence-corrected chi connectivity index (χ4v) is 9.01. The Hall–Kier alpha value is -3.77. The first-order valence-electron chi connectivity index (χ1n) is 20.0. The van der Waals surface area contributed by atoms with Crippen LogP contribution in [0.2, 0.25) is 0 Å². The van der Waals surface area contributed by atoms with Crippen molar-refractivity contribution in [1.29, 1.82) is 0 Å². The van der Waals surface area contributed by atoms with Crippen molar-refractivity contribution in [2.75, 3.05) is 19.6 Å². The SMILES string of the molecule is C=CCNC(=O)C(=O)C(CC1CC1)NC(=O)[C@@H]1CCCN1C(=O)[C@@H](NC(=O)N[C@H](CN1C(=O)CC2(CCCC2)CC1=O)C(C)(C)C)C1(C)CCCCC1. The van der Waals surface area contributed by atoms with Crippen LogP contribution < -0.4 is 21.3 Å². The van der Waals surface area contributed by atoms with Crippen molar-refractivity contribution < 1.29 is 33.6 Å². The quantitative estimate of drug-likeness (QED) is 0.119. The number of piperidine rings is 1. The Morgan fingerprint density at radius 2 is 1.49 bits per heavy atom. The number of hydrogen-bond donors (Lipinski definition) is 4. The number of imide groups is 1. The molecule has 2 aliphatic heterocycles. The van der Waals surface area contributed by atoms with Crippen molar-refractivity contribution in [3.63, 3.8) is 0 Å². The molecule has 0 radical (unpaired) electrons. The zero-order valence-electron chi connectivity index (χ0n) is 32.4. The second-order valence-corrected chi connectivity index (χ2v) is 17.9. The standard InChI is InChI=1S/C40H62N6O7/c1-6-20-41-35(51)32(49)27(22-26-14-15-26)42-34(50)28-13-12-21-45(28)36(52)33(39(5)16-8-7-9-17-39)44-37(53)43-29(38(2,3)4)25-46-30(47)23-40(24-31(46)48)18-10-11-19-40/h6,26-29,33H,1,7-25H2,2-5H3,(H,41,51)(H,42,50)(H2,43,44,53)/t27?,28-,29+,33+/m0/s1. The number of amides is 7. The molecule has 4 N–H and O–H groups in total. The van der Waals surface area contributed by atoms with Crippen molar-refractivity contribution in [1.82, 2.24) is 31.1 Å². The minimum absolute atomic E-state index is 0.0429. The molecule has 13 heteroatoms. The smallest absolute Gasteiger partial charge is 0.315 e. The van der Waals surface area contributed by atoms with Crippen molar-refractivity contribution in [2.45, 2.75) is 155 Å². The molecule has 0 aromatic carbocycles. The predicted octanol–water partition coefficient (Wildman–Crippen LogP) is 3.90. The van der Waals surface area contributed by atoms with Crippen LogP contribution in [0.5, 0.6) is 0 Å². The Balaban J connectivity index is 1.30. The average molecular weight is 739 g/mol. The largest absolute Gasteiger partial charge is 0.346 e. The van der Waals surface area contributed by atoms with Gasteiger partial charge in [0.2, 0.25) is 29.4 Å². The lowest BCUT2D eigenvalue weighted by atomic mass is 9.70. The summed E-state index contributed by atoms with van der Waals surface area (Å²) in [6.07, 6.45) is 13.5. The second kappa shape index (κ2) is 16.7. The number of ketones is 1. The van der Waals surface area contributed by atoms with E-state index in [9.17, 15) is 33.6 Å². The zero-order valence-corrected chi connectivity index (χ0v) is 32.4. The molecule has 3 aliphatic carbocycles. The van der Waals surface area contributed by atoms with E-state index < -0.39 is 58.6 Å². The van der Waals surface area contributed by atoms with Gasteiger partial charge in [0.25, 0.3) is 5.91 Å². The van der Waals surface area contributed by atoms with Crippen LogP contribution in [0.1, 0.15) is 130 Å². The third-order valence-electron chi connectivity index (χ3n) is 12.6. The van der Waals surface area contributed by atoms with Crippen molar-refractivity contribution >= 4 is 41.4 Å². The predicted molar refractivity (Wildman–Crippen MR) is 199 cm³/mol. The number of nitrogens with one attached hydrogen (secondary N) is 4. The first-order valence-corrected chi connectivity index (χ1v) is 20.0. The fourth-order valence-electron chi connectivity index (χ4n) is 9.01. The fraction of sp³-hybridized carbons (Fsp3) is 0.775. The molecule has 5 aliphatic rings. The van der Waals surface area contributed by atoms with Gasteiger partial charge in [-0.1, -0.05) is 78.7 Å². The van der Waals surface area contributed by atoms with E-state index in [1.54, 1.807) is 0 Å². The molecule has 5 fully saturated rings. The van der Waals surface area contributed by atoms with Gasteiger partial charge in [-0.2, -0.15) is 0 Å². The monoisotopic (exact) mass is 738 g/mol. The second-order valence-electron chi connectivity index (χ2n) is 17.9. The van der Waals surface area contributed by atoms with E-state index in [-0.39, 0.29) is 42.1 Å². The number of carbonyl (C=O) groups excluding carboxylic acids is 7. The highest BCUT2D eigenvalue weighted by Crippen LogP contribution is 2.47. The normalized spacial score (nSPS) is 24.3. The molecular weight excluding hydrogens is 676 g/mol. The van der Waals surface area contributed by atoms with E-state index in [0.717, 1.165) is 57.8 Å². The minimum atomic E-state index is -0.996. The van der Waals surface area contributed by atoms with Gasteiger partial charge in [-0.3, -0.25) is 33.7 Å². The van der Waals surface area contributed by atoms with Crippen molar-refractivity contribution in [3.05, 3.63) is 12.7 Å². The van der Waals surface area contributed by atoms with Crippen LogP contribution >= 0.6 is 0 Å². The topological polar surface area (TPSA) is 174 Å². The van der Waals surface area contributed by atoms with Crippen LogP contribution in [0.15, 0.2) is 12.7 Å². The molecule has 4 atom stereocenters. The summed E-state index contributed by atoms with van der Waals surface area (Å²) in [6.45, 7) is 11.9. The summed E-state index contributed by atoms with van der Waals surface area (Å²) >= 11 is 0. The van der Waals surface area contributed by atoms with Gasteiger partial charge in [-0.15, -0.1) is 6.58 Å². The van der Waals surface area contributed by atoms with E-state index >= 15 is 0 Å². The highest BCUT2D eigenvalue weighted by molar-refractivity contribution is 6.38. The summed E-state index contributed by atoms with van der Waals surface area (Å²) in [5.41, 5.74) is -1.33. The molecule has 2 heterocycles. The van der Waals surface area contributed by atoms with Crippen LogP contribution in [0.25, 0.3) is 0 Å². The number of hydrogen-bond acceptors (Lipinski definition) is 7. The van der Waals surface area contributed by atoms with Gasteiger partial charge in [-0.05, 0) is 67.1 Å². The summed E-state index contributed by atoms with van der Waals surface area (Å²) < 4.78 is 0. The molecule has 3 saturated carbocycles. The minimum Gasteiger partial charge on any atom is -0.346 e. The molecule has 53 heavy (non-hydrogen) atoms. The van der Waals surface area contributed by atoms with Crippen molar-refractivity contribution in [2.24, 2.45) is 22.2 Å². The van der Waals surface area contributed by atoms with Gasteiger partial charge < -0.3 is 26.2 Å². The molecule has 5 rings (SSSR count). The Kier molecular flexibility index (Phi) is 12.7. The number of carbonyl (C=O) groups is 7. The highest BCUT2D eigenvalue weighted by Gasteiger charge is 2.49. The van der Waals surface area contributed by atoms with Gasteiger partial charge in [0.05, 0.1) is 12.1 Å². The lowest BCUT2D eigenvalue weighted by Gasteiger charge is -2.43. The molecule has 1 spiro atoms. The van der Waals surface area contributed by atoms with E-state index in [1.165, 1.54) is 15.9 Å². The molecule has 13 nitrogen and oxygen atoms in total. The molecule has 294 valence electrons. The number of urea groups is 1. The van der Waals surface area contributed by atoms with E-state index in [2.05, 4.69) is 27.8 Å². The van der Waals surface area contributed by atoms with Gasteiger partial charge in [0.15, 0.2) is 0 Å². The number of likely N-dealkylation sites (tertiary alicyclic amines) is 2. The summed E-state index contributed by atoms with van der Waals surface area (Å²) in [5.74, 6) is -2.47. The molecule has 0 aromatic heterocycles. The van der Waals surface area contributed by atoms with Crippen LogP contribution in [-0.4, -0.2) is 95.0 Å². The van der Waals surface area contributed by atoms with Crippen LogP contribution in [-0.2, 0) is 28.8 Å². The molecule has 0 bridgehead atoms. The maximum atomic E-state index is 14.6. The maximum absolute atomic E-state index is 14.6. The molecule has 0 aromatic rings. The molecule has 7 amide bonds. The van der Waals surface area contributed by atoms with Crippen molar-refractivity contribution in [3.8, 4) is 0 Å². The van der Waals surface area contributed by atoms with Crippen LogP contribution in [0.3, 0.4) is 0 Å². The summed E-state index contributed by atoms with van der Waals surface area (Å²) in [5, 5.41) is 11.4. The summed E-state index contributed by atoms with van der Waals surface area (Å²) in [7, 11) is 0. The lowest BCUT2D eigenvalue weighted by molar-refractivity contribution is -0.154. The van der Waals surface area contributed by atoms with E-state index in [1.807, 2.05) is 27.7 Å². The first kappa shape index (κ1) is 40.4. The third kappa shape index (κ3) is 9.86. The molecule has 2 saturated heterocycles. The number of rotatable bonds is 14. The zero-order chi connectivity index (χ0) is 38.6. The van der Waals surface area contributed by atoms with Gasteiger partial charge >= 0.3 is 6.03 Å². The Labute approximate surface area is 314 Å². The Morgan fingerprint density at radius 1 is 0.868 bits per heavy atom. The average Bonchev–Trinajstić information content (AvgIpc) is 3.58. The maximum Gasteiger partial charge on any atom is 0.315 e. The molecular formula is C40H62N6O7. The van der Waals surface area contributed by atoms with Gasteiger partial charge in [0.1, 0.15) is 12.1 Å². The van der Waals surface area contributed by atoms with Gasteiger partial charge in [-0.25, -0.2) is 4.79 Å². The Bertz CT molecular complexity index is 1420. The van der Waals surface area contributed by atoms with E-state index in [4.69, 9.17) is 0 Å². The Morgan fingerprint density at radius 3 is 2.08 bits per heavy atom. The summed E-state index contributed by atoms with van der Waals surface area (Å²) in [6, 6.07) is -3.94. The number of nitrogens with zero attached hydrogens (tertiary/aromatic N) is 2.